The quantitative estimate of drug-likeness (QED) is 0.838. The molecule has 1 heterocycles. The highest BCUT2D eigenvalue weighted by Crippen LogP contribution is 2.41. The number of hydrogen-bond donors (Lipinski definition) is 1. The number of aromatic nitrogens is 3. The predicted molar refractivity (Wildman–Crippen MR) is 54.6 cm³/mol. The molecule has 0 saturated heterocycles. The zero-order valence-electron chi connectivity index (χ0n) is 8.71. The van der Waals surface area contributed by atoms with Crippen LogP contribution in [0.5, 0.6) is 0 Å². The molecule has 1 saturated carbocycles. The normalized spacial score (nSPS) is 18.8. The topological polar surface area (TPSA) is 33.6 Å². The van der Waals surface area contributed by atoms with E-state index in [0.717, 1.165) is 17.4 Å². The highest BCUT2D eigenvalue weighted by molar-refractivity contribution is 7.71. The van der Waals surface area contributed by atoms with Crippen LogP contribution >= 0.6 is 12.2 Å². The van der Waals surface area contributed by atoms with Crippen LogP contribution in [0, 0.1) is 10.7 Å². The maximum Gasteiger partial charge on any atom is 0.406 e. The summed E-state index contributed by atoms with van der Waals surface area (Å²) in [7, 11) is 0. The number of H-pyrrole nitrogens is 1. The SMILES string of the molecule is CC(c1n[nH]c(=S)n1CC(F)(F)F)C1CC1. The monoisotopic (exact) mass is 251 g/mol. The van der Waals surface area contributed by atoms with E-state index >= 15 is 0 Å². The van der Waals surface area contributed by atoms with Crippen LogP contribution in [0.1, 0.15) is 31.5 Å². The molecule has 0 radical (unpaired) electrons. The molecular weight excluding hydrogens is 239 g/mol. The third kappa shape index (κ3) is 2.45. The van der Waals surface area contributed by atoms with Crippen molar-refractivity contribution in [1.29, 1.82) is 0 Å². The van der Waals surface area contributed by atoms with Gasteiger partial charge in [-0.1, -0.05) is 6.92 Å². The molecule has 0 spiro atoms. The molecule has 0 amide bonds. The second kappa shape index (κ2) is 3.87. The summed E-state index contributed by atoms with van der Waals surface area (Å²) in [6, 6.07) is 0. The lowest BCUT2D eigenvalue weighted by atomic mass is 10.1. The third-order valence-electron chi connectivity index (χ3n) is 2.86. The van der Waals surface area contributed by atoms with E-state index in [4.69, 9.17) is 12.2 Å². The standard InChI is InChI=1S/C9H12F3N3S/c1-5(6-2-3-6)7-13-14-8(16)15(7)4-9(10,11)12/h5-6H,2-4H2,1H3,(H,14,16). The number of aromatic amines is 1. The molecule has 90 valence electrons. The fraction of sp³-hybridized carbons (Fsp3) is 0.778. The highest BCUT2D eigenvalue weighted by Gasteiger charge is 2.35. The average molecular weight is 251 g/mol. The van der Waals surface area contributed by atoms with E-state index in [2.05, 4.69) is 10.2 Å². The van der Waals surface area contributed by atoms with Crippen LogP contribution in [0.4, 0.5) is 13.2 Å². The van der Waals surface area contributed by atoms with Gasteiger partial charge in [0.25, 0.3) is 0 Å². The Labute approximate surface area is 95.7 Å². The Morgan fingerprint density at radius 1 is 1.56 bits per heavy atom. The Morgan fingerprint density at radius 3 is 2.69 bits per heavy atom. The van der Waals surface area contributed by atoms with E-state index in [9.17, 15) is 13.2 Å². The Kier molecular flexibility index (Phi) is 2.81. The van der Waals surface area contributed by atoms with Crippen molar-refractivity contribution in [2.24, 2.45) is 5.92 Å². The summed E-state index contributed by atoms with van der Waals surface area (Å²) in [6.07, 6.45) is -2.14. The second-order valence-electron chi connectivity index (χ2n) is 4.21. The molecule has 1 aromatic heterocycles. The smallest absolute Gasteiger partial charge is 0.295 e. The first-order chi connectivity index (χ1) is 7.38. The maximum absolute atomic E-state index is 12.4. The Balaban J connectivity index is 2.28. The van der Waals surface area contributed by atoms with Crippen molar-refractivity contribution in [2.75, 3.05) is 0 Å². The lowest BCUT2D eigenvalue weighted by Crippen LogP contribution is -2.21. The van der Waals surface area contributed by atoms with Gasteiger partial charge in [-0.25, -0.2) is 0 Å². The minimum absolute atomic E-state index is 0.0373. The van der Waals surface area contributed by atoms with Crippen LogP contribution in [-0.4, -0.2) is 20.9 Å². The van der Waals surface area contributed by atoms with Crippen molar-refractivity contribution in [3.8, 4) is 0 Å². The van der Waals surface area contributed by atoms with Gasteiger partial charge in [-0.2, -0.15) is 18.3 Å². The van der Waals surface area contributed by atoms with E-state index in [1.165, 1.54) is 0 Å². The van der Waals surface area contributed by atoms with Crippen LogP contribution in [0.3, 0.4) is 0 Å². The predicted octanol–water partition coefficient (Wildman–Crippen LogP) is 3.02. The second-order valence-corrected chi connectivity index (χ2v) is 4.60. The van der Waals surface area contributed by atoms with E-state index < -0.39 is 12.7 Å². The Morgan fingerprint density at radius 2 is 2.19 bits per heavy atom. The van der Waals surface area contributed by atoms with Gasteiger partial charge in [-0.05, 0) is 31.0 Å². The summed E-state index contributed by atoms with van der Waals surface area (Å²) in [4.78, 5) is 0. The van der Waals surface area contributed by atoms with Crippen molar-refractivity contribution < 1.29 is 13.2 Å². The number of rotatable bonds is 3. The zero-order valence-corrected chi connectivity index (χ0v) is 9.53. The average Bonchev–Trinajstić information content (AvgIpc) is 2.92. The molecule has 3 nitrogen and oxygen atoms in total. The summed E-state index contributed by atoms with van der Waals surface area (Å²) >= 11 is 4.81. The van der Waals surface area contributed by atoms with Crippen molar-refractivity contribution >= 4 is 12.2 Å². The molecule has 1 fully saturated rings. The molecule has 1 aliphatic carbocycles. The van der Waals surface area contributed by atoms with Gasteiger partial charge in [-0.15, -0.1) is 0 Å². The molecular formula is C9H12F3N3S. The summed E-state index contributed by atoms with van der Waals surface area (Å²) < 4.78 is 38.1. The zero-order chi connectivity index (χ0) is 11.9. The summed E-state index contributed by atoms with van der Waals surface area (Å²) in [5, 5.41) is 6.35. The first-order valence-electron chi connectivity index (χ1n) is 5.10. The fourth-order valence-corrected chi connectivity index (χ4v) is 2.02. The number of nitrogens with zero attached hydrogens (tertiary/aromatic N) is 2. The van der Waals surface area contributed by atoms with Gasteiger partial charge in [0.15, 0.2) is 4.77 Å². The number of nitrogens with one attached hydrogen (secondary N) is 1. The summed E-state index contributed by atoms with van der Waals surface area (Å²) in [5.74, 6) is 0.914. The largest absolute Gasteiger partial charge is 0.406 e. The molecule has 0 aliphatic heterocycles. The molecule has 1 aromatic rings. The number of hydrogen-bond acceptors (Lipinski definition) is 2. The number of alkyl halides is 3. The van der Waals surface area contributed by atoms with Gasteiger partial charge in [-0.3, -0.25) is 9.67 Å². The Bertz CT molecular complexity index is 430. The molecule has 2 rings (SSSR count). The number of halogens is 3. The van der Waals surface area contributed by atoms with Gasteiger partial charge in [0.1, 0.15) is 12.4 Å². The molecule has 1 N–H and O–H groups in total. The van der Waals surface area contributed by atoms with Crippen molar-refractivity contribution in [1.82, 2.24) is 14.8 Å². The Hall–Kier alpha value is -0.850. The molecule has 7 heteroatoms. The lowest BCUT2D eigenvalue weighted by molar-refractivity contribution is -0.141. The van der Waals surface area contributed by atoms with Gasteiger partial charge in [0.05, 0.1) is 0 Å². The molecule has 1 unspecified atom stereocenters. The van der Waals surface area contributed by atoms with Crippen molar-refractivity contribution in [3.05, 3.63) is 10.6 Å². The van der Waals surface area contributed by atoms with E-state index in [0.29, 0.717) is 11.7 Å². The van der Waals surface area contributed by atoms with Crippen molar-refractivity contribution in [2.45, 2.75) is 38.4 Å². The highest BCUT2D eigenvalue weighted by atomic mass is 32.1. The first-order valence-corrected chi connectivity index (χ1v) is 5.51. The van der Waals surface area contributed by atoms with Crippen molar-refractivity contribution in [3.63, 3.8) is 0 Å². The maximum atomic E-state index is 12.4. The van der Waals surface area contributed by atoms with Crippen LogP contribution in [0.2, 0.25) is 0 Å². The molecule has 1 atom stereocenters. The third-order valence-corrected chi connectivity index (χ3v) is 3.17. The van der Waals surface area contributed by atoms with Crippen LogP contribution in [-0.2, 0) is 6.54 Å². The molecule has 0 aromatic carbocycles. The van der Waals surface area contributed by atoms with E-state index in [1.54, 1.807) is 0 Å². The minimum Gasteiger partial charge on any atom is -0.295 e. The summed E-state index contributed by atoms with van der Waals surface area (Å²) in [6.45, 7) is 0.838. The lowest BCUT2D eigenvalue weighted by Gasteiger charge is -2.13. The molecule has 16 heavy (non-hydrogen) atoms. The molecule has 1 aliphatic rings. The van der Waals surface area contributed by atoms with Gasteiger partial charge < -0.3 is 0 Å². The van der Waals surface area contributed by atoms with E-state index in [-0.39, 0.29) is 10.7 Å². The molecule has 0 bridgehead atoms. The fourth-order valence-electron chi connectivity index (χ4n) is 1.82. The van der Waals surface area contributed by atoms with E-state index in [1.807, 2.05) is 6.92 Å². The van der Waals surface area contributed by atoms with Gasteiger partial charge in [0.2, 0.25) is 0 Å². The van der Waals surface area contributed by atoms with Gasteiger partial charge >= 0.3 is 6.18 Å². The summed E-state index contributed by atoms with van der Waals surface area (Å²) in [5.41, 5.74) is 0. The van der Waals surface area contributed by atoms with Crippen LogP contribution in [0.15, 0.2) is 0 Å². The van der Waals surface area contributed by atoms with Gasteiger partial charge in [0, 0.05) is 5.92 Å². The minimum atomic E-state index is -4.26. The van der Waals surface area contributed by atoms with Crippen LogP contribution < -0.4 is 0 Å². The van der Waals surface area contributed by atoms with Crippen LogP contribution in [0.25, 0.3) is 0 Å². The first kappa shape index (κ1) is 11.6.